The number of nitrogens with zero attached hydrogens (tertiary/aromatic N) is 2. The van der Waals surface area contributed by atoms with E-state index in [1.807, 2.05) is 0 Å². The summed E-state index contributed by atoms with van der Waals surface area (Å²) in [5.74, 6) is 0. The summed E-state index contributed by atoms with van der Waals surface area (Å²) in [7, 11) is 1.80. The molecule has 1 saturated heterocycles. The van der Waals surface area contributed by atoms with Gasteiger partial charge in [-0.2, -0.15) is 5.70 Å². The number of nitrogens with one attached hydrogen (secondary N) is 1. The fraction of sp³-hybridized carbons (Fsp3) is 0.750. The van der Waals surface area contributed by atoms with Crippen LogP contribution in [0.1, 0.15) is 0 Å². The Bertz CT molecular complexity index is 132. The Morgan fingerprint density at radius 1 is 1.50 bits per heavy atom. The van der Waals surface area contributed by atoms with Crippen LogP contribution in [0, 0.1) is 0 Å². The van der Waals surface area contributed by atoms with Crippen molar-refractivity contribution in [1.29, 1.82) is 0 Å². The van der Waals surface area contributed by atoms with Crippen molar-refractivity contribution >= 4 is 0 Å². The number of rotatable bonds is 3. The second kappa shape index (κ2) is 6.55. The van der Waals surface area contributed by atoms with Gasteiger partial charge in [-0.15, -0.1) is 13.6 Å². The molecular formula is C8H16N3V-. The second-order valence-corrected chi connectivity index (χ2v) is 2.82. The van der Waals surface area contributed by atoms with Gasteiger partial charge in [0.1, 0.15) is 0 Å². The van der Waals surface area contributed by atoms with Crippen molar-refractivity contribution in [2.24, 2.45) is 0 Å². The molecule has 0 aromatic heterocycles. The monoisotopic (exact) mass is 205 g/mol. The van der Waals surface area contributed by atoms with Gasteiger partial charge in [0.2, 0.25) is 0 Å². The van der Waals surface area contributed by atoms with E-state index in [0.29, 0.717) is 0 Å². The predicted octanol–water partition coefficient (Wildman–Crippen LogP) is 0.406. The van der Waals surface area contributed by atoms with Gasteiger partial charge < -0.3 is 10.6 Å². The van der Waals surface area contributed by atoms with Crippen LogP contribution in [0.25, 0.3) is 5.32 Å². The fourth-order valence-electron chi connectivity index (χ4n) is 1.20. The SMILES string of the molecule is C=C(CN1CCNCC1)[N-]C.[V]. The van der Waals surface area contributed by atoms with Gasteiger partial charge in [-0.1, -0.05) is 0 Å². The summed E-state index contributed by atoms with van der Waals surface area (Å²) in [6.45, 7) is 9.19. The Balaban J connectivity index is 0.00000121. The molecule has 0 saturated carbocycles. The molecule has 69 valence electrons. The van der Waals surface area contributed by atoms with Gasteiger partial charge in [0.25, 0.3) is 0 Å². The van der Waals surface area contributed by atoms with Gasteiger partial charge in [0.15, 0.2) is 0 Å². The molecule has 0 aromatic rings. The largest absolute Gasteiger partial charge is 0.690 e. The normalized spacial score (nSPS) is 18.1. The molecule has 0 unspecified atom stereocenters. The molecule has 1 heterocycles. The maximum atomic E-state index is 4.03. The number of piperazine rings is 1. The zero-order valence-electron chi connectivity index (χ0n) is 7.58. The Morgan fingerprint density at radius 3 is 2.58 bits per heavy atom. The molecule has 1 aliphatic heterocycles. The summed E-state index contributed by atoms with van der Waals surface area (Å²) in [6.07, 6.45) is 0. The molecule has 1 aliphatic rings. The molecule has 1 radical (unpaired) electrons. The molecule has 12 heavy (non-hydrogen) atoms. The second-order valence-electron chi connectivity index (χ2n) is 2.82. The molecule has 1 N–H and O–H groups in total. The van der Waals surface area contributed by atoms with Crippen LogP contribution in [0.2, 0.25) is 0 Å². The molecular weight excluding hydrogens is 189 g/mol. The van der Waals surface area contributed by atoms with E-state index in [-0.39, 0.29) is 18.6 Å². The summed E-state index contributed by atoms with van der Waals surface area (Å²) in [5.41, 5.74) is 0.979. The summed E-state index contributed by atoms with van der Waals surface area (Å²) in [6, 6.07) is 0. The molecule has 0 atom stereocenters. The van der Waals surface area contributed by atoms with E-state index in [0.717, 1.165) is 38.4 Å². The first-order valence-electron chi connectivity index (χ1n) is 4.03. The molecule has 0 amide bonds. The maximum absolute atomic E-state index is 4.03. The third-order valence-corrected chi connectivity index (χ3v) is 1.93. The van der Waals surface area contributed by atoms with Gasteiger partial charge in [-0.25, -0.2) is 0 Å². The van der Waals surface area contributed by atoms with Crippen molar-refractivity contribution in [2.45, 2.75) is 0 Å². The molecule has 0 bridgehead atoms. The van der Waals surface area contributed by atoms with Crippen molar-refractivity contribution in [3.63, 3.8) is 0 Å². The maximum Gasteiger partial charge on any atom is 0.0110 e. The predicted molar refractivity (Wildman–Crippen MR) is 47.7 cm³/mol. The van der Waals surface area contributed by atoms with Crippen molar-refractivity contribution in [1.82, 2.24) is 10.2 Å². The van der Waals surface area contributed by atoms with E-state index < -0.39 is 0 Å². The Kier molecular flexibility index (Phi) is 6.57. The molecule has 0 aliphatic carbocycles. The van der Waals surface area contributed by atoms with Crippen LogP contribution in [0.4, 0.5) is 0 Å². The zero-order chi connectivity index (χ0) is 8.10. The zero-order valence-corrected chi connectivity index (χ0v) is 8.98. The smallest absolute Gasteiger partial charge is 0.0110 e. The van der Waals surface area contributed by atoms with Crippen molar-refractivity contribution in [3.8, 4) is 0 Å². The molecule has 1 fully saturated rings. The van der Waals surface area contributed by atoms with Gasteiger partial charge in [-0.3, -0.25) is 4.90 Å². The summed E-state index contributed by atoms with van der Waals surface area (Å²) in [5, 5.41) is 7.33. The minimum Gasteiger partial charge on any atom is -0.690 e. The summed E-state index contributed by atoms with van der Waals surface area (Å²) in [4.78, 5) is 2.37. The van der Waals surface area contributed by atoms with Crippen molar-refractivity contribution in [3.05, 3.63) is 17.6 Å². The standard InChI is InChI=1S/C8H16N3.V/c1-8(9-2)7-11-5-3-10-4-6-11;/h10H,1,3-7H2,2H3;/q-1;. The third kappa shape index (κ3) is 4.17. The van der Waals surface area contributed by atoms with Gasteiger partial charge in [-0.05, 0) is 0 Å². The van der Waals surface area contributed by atoms with Crippen LogP contribution < -0.4 is 5.32 Å². The first kappa shape index (κ1) is 12.0. The Morgan fingerprint density at radius 2 is 2.08 bits per heavy atom. The van der Waals surface area contributed by atoms with Gasteiger partial charge >= 0.3 is 0 Å². The van der Waals surface area contributed by atoms with Crippen LogP contribution in [0.3, 0.4) is 0 Å². The molecule has 0 aromatic carbocycles. The fourth-order valence-corrected chi connectivity index (χ4v) is 1.20. The number of likely N-dealkylation sites (N-methyl/N-ethyl adjacent to an activating group) is 1. The van der Waals surface area contributed by atoms with Gasteiger partial charge in [0, 0.05) is 51.3 Å². The van der Waals surface area contributed by atoms with Crippen LogP contribution in [0.15, 0.2) is 12.3 Å². The quantitative estimate of drug-likeness (QED) is 0.723. The van der Waals surface area contributed by atoms with E-state index >= 15 is 0 Å². The Hall–Kier alpha value is 0.0444. The minimum atomic E-state index is 0. The van der Waals surface area contributed by atoms with Crippen LogP contribution in [0.5, 0.6) is 0 Å². The molecule has 0 spiro atoms. The number of hydrogen-bond acceptors (Lipinski definition) is 2. The van der Waals surface area contributed by atoms with Crippen LogP contribution in [-0.2, 0) is 18.6 Å². The molecule has 3 nitrogen and oxygen atoms in total. The first-order chi connectivity index (χ1) is 5.33. The molecule has 1 rings (SSSR count). The molecule has 4 heteroatoms. The Labute approximate surface area is 86.5 Å². The van der Waals surface area contributed by atoms with Crippen LogP contribution >= 0.6 is 0 Å². The van der Waals surface area contributed by atoms with Crippen molar-refractivity contribution < 1.29 is 18.6 Å². The average molecular weight is 205 g/mol. The van der Waals surface area contributed by atoms with Crippen LogP contribution in [-0.4, -0.2) is 44.7 Å². The van der Waals surface area contributed by atoms with E-state index in [1.54, 1.807) is 7.05 Å². The van der Waals surface area contributed by atoms with E-state index in [4.69, 9.17) is 0 Å². The first-order valence-corrected chi connectivity index (χ1v) is 4.03. The average Bonchev–Trinajstić information content (AvgIpc) is 2.06. The third-order valence-electron chi connectivity index (χ3n) is 1.93. The van der Waals surface area contributed by atoms with Gasteiger partial charge in [0.05, 0.1) is 0 Å². The van der Waals surface area contributed by atoms with Crippen molar-refractivity contribution in [2.75, 3.05) is 39.8 Å². The van der Waals surface area contributed by atoms with E-state index in [9.17, 15) is 0 Å². The topological polar surface area (TPSA) is 29.4 Å². The van der Waals surface area contributed by atoms with E-state index in [2.05, 4.69) is 22.1 Å². The summed E-state index contributed by atoms with van der Waals surface area (Å²) < 4.78 is 0. The van der Waals surface area contributed by atoms with E-state index in [1.165, 1.54) is 0 Å². The summed E-state index contributed by atoms with van der Waals surface area (Å²) >= 11 is 0. The minimum absolute atomic E-state index is 0. The number of hydrogen-bond donors (Lipinski definition) is 1.